The molecule has 0 aliphatic heterocycles. The van der Waals surface area contributed by atoms with Gasteiger partial charge in [-0.3, -0.25) is 10.1 Å². The zero-order chi connectivity index (χ0) is 12.1. The van der Waals surface area contributed by atoms with Gasteiger partial charge in [-0.15, -0.1) is 0 Å². The third-order valence-electron chi connectivity index (χ3n) is 2.28. The normalized spacial score (nSPS) is 14.4. The minimum atomic E-state index is -1.29. The van der Waals surface area contributed by atoms with Gasteiger partial charge >= 0.3 is 0 Å². The molecule has 0 saturated carbocycles. The first-order valence-corrected chi connectivity index (χ1v) is 4.87. The smallest absolute Gasteiger partial charge is 0.275 e. The average Bonchev–Trinajstić information content (AvgIpc) is 2.28. The van der Waals surface area contributed by atoms with Gasteiger partial charge in [-0.1, -0.05) is 12.1 Å². The molecule has 0 aromatic heterocycles. The molecule has 0 bridgehead atoms. The molecular formula is C10H14N2O4. The van der Waals surface area contributed by atoms with Gasteiger partial charge in [0.25, 0.3) is 5.69 Å². The number of nitrogens with two attached hydrogens (primary N) is 1. The predicted molar refractivity (Wildman–Crippen MR) is 57.7 cm³/mol. The number of benzene rings is 1. The van der Waals surface area contributed by atoms with E-state index in [1.807, 2.05) is 0 Å². The highest BCUT2D eigenvalue weighted by molar-refractivity contribution is 5.41. The van der Waals surface area contributed by atoms with Crippen molar-refractivity contribution in [2.75, 3.05) is 6.54 Å². The molecule has 4 N–H and O–H groups in total. The van der Waals surface area contributed by atoms with E-state index in [1.165, 1.54) is 18.2 Å². The van der Waals surface area contributed by atoms with Crippen molar-refractivity contribution in [3.05, 3.63) is 39.9 Å². The van der Waals surface area contributed by atoms with Crippen LogP contribution < -0.4 is 5.73 Å². The van der Waals surface area contributed by atoms with E-state index in [2.05, 4.69) is 0 Å². The molecule has 16 heavy (non-hydrogen) atoms. The summed E-state index contributed by atoms with van der Waals surface area (Å²) >= 11 is 0. The summed E-state index contributed by atoms with van der Waals surface area (Å²) in [6.07, 6.45) is -2.19. The molecule has 2 unspecified atom stereocenters. The summed E-state index contributed by atoms with van der Waals surface area (Å²) < 4.78 is 0. The maximum atomic E-state index is 10.7. The van der Waals surface area contributed by atoms with E-state index < -0.39 is 17.1 Å². The van der Waals surface area contributed by atoms with Crippen LogP contribution in [0.1, 0.15) is 18.1 Å². The van der Waals surface area contributed by atoms with Crippen LogP contribution >= 0.6 is 0 Å². The number of hydrogen-bond donors (Lipinski definition) is 3. The zero-order valence-corrected chi connectivity index (χ0v) is 8.61. The first kappa shape index (κ1) is 12.6. The lowest BCUT2D eigenvalue weighted by Crippen LogP contribution is -2.22. The minimum absolute atomic E-state index is 0.105. The molecule has 2 atom stereocenters. The quantitative estimate of drug-likeness (QED) is 0.495. The second-order valence-corrected chi connectivity index (χ2v) is 3.41. The summed E-state index contributed by atoms with van der Waals surface area (Å²) in [5.74, 6) is 0. The fourth-order valence-corrected chi connectivity index (χ4v) is 1.44. The molecule has 6 nitrogen and oxygen atoms in total. The Morgan fingerprint density at radius 2 is 2.00 bits per heavy atom. The number of aliphatic hydroxyl groups is 2. The topological polar surface area (TPSA) is 110 Å². The Morgan fingerprint density at radius 3 is 2.56 bits per heavy atom. The predicted octanol–water partition coefficient (Wildman–Crippen LogP) is 0.338. The van der Waals surface area contributed by atoms with Crippen molar-refractivity contribution in [2.24, 2.45) is 5.73 Å². The monoisotopic (exact) mass is 226 g/mol. The first-order valence-electron chi connectivity index (χ1n) is 4.87. The molecule has 1 rings (SSSR count). The highest BCUT2D eigenvalue weighted by Crippen LogP contribution is 2.27. The molecule has 0 heterocycles. The van der Waals surface area contributed by atoms with Gasteiger partial charge in [0.05, 0.1) is 16.6 Å². The van der Waals surface area contributed by atoms with Crippen molar-refractivity contribution in [1.29, 1.82) is 0 Å². The second-order valence-electron chi connectivity index (χ2n) is 3.41. The van der Waals surface area contributed by atoms with Gasteiger partial charge in [-0.2, -0.15) is 0 Å². The highest BCUT2D eigenvalue weighted by Gasteiger charge is 2.25. The van der Waals surface area contributed by atoms with Crippen molar-refractivity contribution < 1.29 is 15.1 Å². The van der Waals surface area contributed by atoms with Crippen LogP contribution in [0, 0.1) is 10.1 Å². The molecule has 6 heteroatoms. The summed E-state index contributed by atoms with van der Waals surface area (Å²) in [6.45, 7) is 0.207. The lowest BCUT2D eigenvalue weighted by molar-refractivity contribution is -0.386. The summed E-state index contributed by atoms with van der Waals surface area (Å²) in [5.41, 5.74) is 5.14. The molecule has 0 saturated heterocycles. The van der Waals surface area contributed by atoms with Gasteiger partial charge in [-0.05, 0) is 19.0 Å². The minimum Gasteiger partial charge on any atom is -0.390 e. The number of hydrogen-bond acceptors (Lipinski definition) is 5. The van der Waals surface area contributed by atoms with Crippen molar-refractivity contribution in [1.82, 2.24) is 0 Å². The number of nitrogens with zero attached hydrogens (tertiary/aromatic N) is 1. The Kier molecular flexibility index (Phi) is 4.36. The van der Waals surface area contributed by atoms with Crippen molar-refractivity contribution in [3.8, 4) is 0 Å². The Balaban J connectivity index is 2.98. The highest BCUT2D eigenvalue weighted by atomic mass is 16.6. The summed E-state index contributed by atoms with van der Waals surface area (Å²) in [7, 11) is 0. The maximum Gasteiger partial charge on any atom is 0.275 e. The van der Waals surface area contributed by atoms with E-state index >= 15 is 0 Å². The Labute approximate surface area is 92.5 Å². The average molecular weight is 226 g/mol. The van der Waals surface area contributed by atoms with Gasteiger partial charge in [-0.25, -0.2) is 0 Å². The Hall–Kier alpha value is -1.50. The molecule has 0 fully saturated rings. The lowest BCUT2D eigenvalue weighted by Gasteiger charge is -2.17. The molecule has 0 aliphatic rings. The van der Waals surface area contributed by atoms with Crippen LogP contribution in [-0.2, 0) is 0 Å². The van der Waals surface area contributed by atoms with Gasteiger partial charge in [0.1, 0.15) is 6.10 Å². The van der Waals surface area contributed by atoms with E-state index in [9.17, 15) is 20.3 Å². The third kappa shape index (κ3) is 2.75. The molecule has 1 aromatic carbocycles. The number of para-hydroxylation sites is 1. The van der Waals surface area contributed by atoms with Crippen LogP contribution in [0.2, 0.25) is 0 Å². The van der Waals surface area contributed by atoms with Crippen molar-refractivity contribution >= 4 is 5.69 Å². The number of nitro groups is 1. The fraction of sp³-hybridized carbons (Fsp3) is 0.400. The lowest BCUT2D eigenvalue weighted by atomic mass is 10.0. The fourth-order valence-electron chi connectivity index (χ4n) is 1.44. The summed E-state index contributed by atoms with van der Waals surface area (Å²) in [6, 6.07) is 5.78. The van der Waals surface area contributed by atoms with Crippen LogP contribution in [0.5, 0.6) is 0 Å². The van der Waals surface area contributed by atoms with Crippen LogP contribution in [-0.4, -0.2) is 27.8 Å². The largest absolute Gasteiger partial charge is 0.390 e. The number of aliphatic hydroxyl groups excluding tert-OH is 2. The van der Waals surface area contributed by atoms with Crippen LogP contribution in [0.4, 0.5) is 5.69 Å². The van der Waals surface area contributed by atoms with Gasteiger partial charge in [0.2, 0.25) is 0 Å². The molecule has 88 valence electrons. The van der Waals surface area contributed by atoms with Crippen LogP contribution in [0.3, 0.4) is 0 Å². The summed E-state index contributed by atoms with van der Waals surface area (Å²) in [5, 5.41) is 30.0. The molecule has 0 radical (unpaired) electrons. The van der Waals surface area contributed by atoms with Crippen LogP contribution in [0.25, 0.3) is 0 Å². The van der Waals surface area contributed by atoms with Gasteiger partial charge in [0, 0.05) is 6.07 Å². The van der Waals surface area contributed by atoms with Gasteiger partial charge < -0.3 is 15.9 Å². The van der Waals surface area contributed by atoms with Crippen LogP contribution in [0.15, 0.2) is 24.3 Å². The van der Waals surface area contributed by atoms with E-state index in [-0.39, 0.29) is 24.2 Å². The SMILES string of the molecule is NCCC(O)C(O)c1ccccc1[N+](=O)[O-]. The standard InChI is InChI=1S/C10H14N2O4/c11-6-5-9(13)10(14)7-3-1-2-4-8(7)12(15)16/h1-4,9-10,13-14H,5-6,11H2. The molecule has 0 aliphatic carbocycles. The summed E-state index contributed by atoms with van der Waals surface area (Å²) in [4.78, 5) is 10.1. The number of rotatable bonds is 5. The molecular weight excluding hydrogens is 212 g/mol. The van der Waals surface area contributed by atoms with Crippen molar-refractivity contribution in [3.63, 3.8) is 0 Å². The number of nitro benzene ring substituents is 1. The molecule has 0 spiro atoms. The zero-order valence-electron chi connectivity index (χ0n) is 8.61. The van der Waals surface area contributed by atoms with Crippen molar-refractivity contribution in [2.45, 2.75) is 18.6 Å². The maximum absolute atomic E-state index is 10.7. The van der Waals surface area contributed by atoms with Gasteiger partial charge in [0.15, 0.2) is 0 Å². The van der Waals surface area contributed by atoms with E-state index in [0.717, 1.165) is 0 Å². The molecule has 1 aromatic rings. The third-order valence-corrected chi connectivity index (χ3v) is 2.28. The Morgan fingerprint density at radius 1 is 1.38 bits per heavy atom. The van der Waals surface area contributed by atoms with E-state index in [0.29, 0.717) is 0 Å². The first-order chi connectivity index (χ1) is 7.57. The Bertz CT molecular complexity index is 370. The molecule has 0 amide bonds. The van der Waals surface area contributed by atoms with E-state index in [1.54, 1.807) is 6.07 Å². The second kappa shape index (κ2) is 5.55. The van der Waals surface area contributed by atoms with E-state index in [4.69, 9.17) is 5.73 Å².